The van der Waals surface area contributed by atoms with E-state index in [4.69, 9.17) is 11.6 Å². The van der Waals surface area contributed by atoms with Crippen LogP contribution in [0.2, 0.25) is 0 Å². The number of alkyl halides is 1. The van der Waals surface area contributed by atoms with E-state index in [-0.39, 0.29) is 0 Å². The molecule has 1 heterocycles. The Hall–Kier alpha value is -0.440. The number of carbonyl (C=O) groups is 1. The molecule has 1 unspecified atom stereocenters. The average molecular weight is 151 g/mol. The van der Waals surface area contributed by atoms with Crippen molar-refractivity contribution in [2.24, 2.45) is 0 Å². The zero-order valence-electron chi connectivity index (χ0n) is 5.02. The topological polar surface area (TPSA) is 35.5 Å². The van der Waals surface area contributed by atoms with Crippen molar-refractivity contribution in [2.45, 2.75) is 18.4 Å². The number of rotatable bonds is 0. The highest BCUT2D eigenvalue weighted by Gasteiger charge is 2.31. The molecular formula is C5H7ClO3. The summed E-state index contributed by atoms with van der Waals surface area (Å²) in [7, 11) is 0. The van der Waals surface area contributed by atoms with Crippen LogP contribution in [0.25, 0.3) is 0 Å². The zero-order chi connectivity index (χ0) is 6.91. The summed E-state index contributed by atoms with van der Waals surface area (Å²) < 4.78 is 9.05. The normalized spacial score (nSPS) is 35.1. The van der Waals surface area contributed by atoms with E-state index >= 15 is 0 Å². The van der Waals surface area contributed by atoms with Crippen molar-refractivity contribution >= 4 is 17.8 Å². The molecule has 1 aliphatic rings. The first-order valence-electron chi connectivity index (χ1n) is 2.65. The number of hydrogen-bond acceptors (Lipinski definition) is 3. The summed E-state index contributed by atoms with van der Waals surface area (Å²) in [5.41, 5.74) is 0. The third kappa shape index (κ3) is 1.75. The highest BCUT2D eigenvalue weighted by molar-refractivity contribution is 6.23. The Balaban J connectivity index is 2.51. The minimum absolute atomic E-state index is 0.346. The summed E-state index contributed by atoms with van der Waals surface area (Å²) in [5, 5.41) is -0.852. The number of cyclic esters (lactones) is 2. The number of ether oxygens (including phenoxy) is 2. The van der Waals surface area contributed by atoms with Crippen LogP contribution in [0.4, 0.5) is 4.79 Å². The van der Waals surface area contributed by atoms with Crippen LogP contribution >= 0.6 is 11.6 Å². The molecule has 1 aliphatic heterocycles. The molecule has 0 aromatic carbocycles. The summed E-state index contributed by atoms with van der Waals surface area (Å²) in [6.45, 7) is 1.98. The molecule has 0 aromatic rings. The predicted molar refractivity (Wildman–Crippen MR) is 31.3 cm³/mol. The predicted octanol–water partition coefficient (Wildman–Crippen LogP) is 1.50. The van der Waals surface area contributed by atoms with Crippen molar-refractivity contribution in [1.29, 1.82) is 0 Å². The van der Waals surface area contributed by atoms with Gasteiger partial charge in [-0.25, -0.2) is 4.79 Å². The Morgan fingerprint density at radius 2 is 2.44 bits per heavy atom. The lowest BCUT2D eigenvalue weighted by Crippen LogP contribution is -2.33. The molecule has 1 rings (SSSR count). The van der Waals surface area contributed by atoms with Crippen LogP contribution in [0.3, 0.4) is 0 Å². The first-order valence-corrected chi connectivity index (χ1v) is 3.03. The van der Waals surface area contributed by atoms with Crippen LogP contribution in [0.1, 0.15) is 13.3 Å². The highest BCUT2D eigenvalue weighted by Crippen LogP contribution is 2.24. The molecule has 0 N–H and O–H groups in total. The lowest BCUT2D eigenvalue weighted by molar-refractivity contribution is -0.0345. The minimum atomic E-state index is -0.852. The van der Waals surface area contributed by atoms with Gasteiger partial charge in [0.15, 0.2) is 5.06 Å². The Morgan fingerprint density at radius 1 is 1.78 bits per heavy atom. The van der Waals surface area contributed by atoms with Gasteiger partial charge in [-0.05, 0) is 6.92 Å². The lowest BCUT2D eigenvalue weighted by atomic mass is 10.3. The van der Waals surface area contributed by atoms with Gasteiger partial charge in [-0.2, -0.15) is 0 Å². The molecule has 0 bridgehead atoms. The summed E-state index contributed by atoms with van der Waals surface area (Å²) in [6, 6.07) is 0. The van der Waals surface area contributed by atoms with Crippen molar-refractivity contribution < 1.29 is 14.3 Å². The van der Waals surface area contributed by atoms with E-state index in [9.17, 15) is 4.79 Å². The maximum atomic E-state index is 10.3. The second-order valence-corrected chi connectivity index (χ2v) is 2.85. The monoisotopic (exact) mass is 150 g/mol. The molecule has 0 spiro atoms. The average Bonchev–Trinajstić information content (AvgIpc) is 1.60. The molecule has 0 saturated carbocycles. The van der Waals surface area contributed by atoms with E-state index in [0.29, 0.717) is 13.0 Å². The van der Waals surface area contributed by atoms with E-state index in [0.717, 1.165) is 0 Å². The van der Waals surface area contributed by atoms with Gasteiger partial charge in [-0.3, -0.25) is 0 Å². The Kier molecular flexibility index (Phi) is 1.53. The van der Waals surface area contributed by atoms with E-state index in [1.54, 1.807) is 6.92 Å². The molecule has 9 heavy (non-hydrogen) atoms. The molecule has 0 aliphatic carbocycles. The fraction of sp³-hybridized carbons (Fsp3) is 0.800. The molecule has 3 nitrogen and oxygen atoms in total. The summed E-state index contributed by atoms with van der Waals surface area (Å²) in [6.07, 6.45) is -0.140. The number of hydrogen-bond donors (Lipinski definition) is 0. The van der Waals surface area contributed by atoms with Gasteiger partial charge in [0.05, 0.1) is 6.61 Å². The molecule has 4 heteroatoms. The molecule has 0 amide bonds. The fourth-order valence-corrected chi connectivity index (χ4v) is 0.711. The molecule has 1 saturated heterocycles. The lowest BCUT2D eigenvalue weighted by Gasteiger charge is -2.25. The van der Waals surface area contributed by atoms with Gasteiger partial charge in [0.25, 0.3) is 0 Å². The third-order valence-corrected chi connectivity index (χ3v) is 1.33. The van der Waals surface area contributed by atoms with Crippen LogP contribution in [-0.4, -0.2) is 17.8 Å². The minimum Gasteiger partial charge on any atom is -0.434 e. The van der Waals surface area contributed by atoms with Gasteiger partial charge in [-0.1, -0.05) is 11.6 Å². The van der Waals surface area contributed by atoms with Crippen molar-refractivity contribution in [1.82, 2.24) is 0 Å². The van der Waals surface area contributed by atoms with Crippen LogP contribution in [0.15, 0.2) is 0 Å². The molecule has 0 radical (unpaired) electrons. The van der Waals surface area contributed by atoms with Crippen molar-refractivity contribution in [3.63, 3.8) is 0 Å². The van der Waals surface area contributed by atoms with Crippen LogP contribution in [0.5, 0.6) is 0 Å². The van der Waals surface area contributed by atoms with E-state index in [2.05, 4.69) is 9.47 Å². The molecular weight excluding hydrogens is 144 g/mol. The Bertz CT molecular complexity index is 132. The third-order valence-electron chi connectivity index (χ3n) is 1.06. The summed E-state index contributed by atoms with van der Waals surface area (Å²) >= 11 is 5.64. The van der Waals surface area contributed by atoms with Crippen LogP contribution < -0.4 is 0 Å². The summed E-state index contributed by atoms with van der Waals surface area (Å²) in [5.74, 6) is 0. The maximum absolute atomic E-state index is 10.3. The van der Waals surface area contributed by atoms with Gasteiger partial charge < -0.3 is 9.47 Å². The molecule has 52 valence electrons. The van der Waals surface area contributed by atoms with E-state index in [1.165, 1.54) is 0 Å². The molecule has 1 atom stereocenters. The standard InChI is InChI=1S/C5H7ClO3/c1-5(6)2-3-8-4(7)9-5/h2-3H2,1H3. The van der Waals surface area contributed by atoms with Gasteiger partial charge >= 0.3 is 6.16 Å². The number of carbonyl (C=O) groups excluding carboxylic acids is 1. The second-order valence-electron chi connectivity index (χ2n) is 2.05. The Morgan fingerprint density at radius 3 is 2.78 bits per heavy atom. The van der Waals surface area contributed by atoms with Crippen LogP contribution in [-0.2, 0) is 9.47 Å². The quantitative estimate of drug-likeness (QED) is 0.388. The summed E-state index contributed by atoms with van der Waals surface area (Å²) in [4.78, 5) is 10.3. The van der Waals surface area contributed by atoms with Gasteiger partial charge in [0.2, 0.25) is 0 Å². The van der Waals surface area contributed by atoms with Crippen LogP contribution in [0, 0.1) is 0 Å². The first-order chi connectivity index (χ1) is 4.10. The Labute approximate surface area is 57.9 Å². The van der Waals surface area contributed by atoms with Crippen molar-refractivity contribution in [3.8, 4) is 0 Å². The van der Waals surface area contributed by atoms with Gasteiger partial charge in [0, 0.05) is 6.42 Å². The van der Waals surface area contributed by atoms with Gasteiger partial charge in [0.1, 0.15) is 0 Å². The SMILES string of the molecule is CC1(Cl)CCOC(=O)O1. The number of halogens is 1. The second kappa shape index (κ2) is 2.06. The largest absolute Gasteiger partial charge is 0.509 e. The molecule has 1 fully saturated rings. The van der Waals surface area contributed by atoms with Gasteiger partial charge in [-0.15, -0.1) is 0 Å². The highest BCUT2D eigenvalue weighted by atomic mass is 35.5. The zero-order valence-corrected chi connectivity index (χ0v) is 5.77. The first kappa shape index (κ1) is 6.68. The smallest absolute Gasteiger partial charge is 0.434 e. The van der Waals surface area contributed by atoms with Crippen molar-refractivity contribution in [3.05, 3.63) is 0 Å². The maximum Gasteiger partial charge on any atom is 0.509 e. The van der Waals surface area contributed by atoms with E-state index in [1.807, 2.05) is 0 Å². The fourth-order valence-electron chi connectivity index (χ4n) is 0.571. The van der Waals surface area contributed by atoms with E-state index < -0.39 is 11.2 Å². The molecule has 0 aromatic heterocycles. The van der Waals surface area contributed by atoms with Crippen molar-refractivity contribution in [2.75, 3.05) is 6.61 Å².